The lowest BCUT2D eigenvalue weighted by Crippen LogP contribution is -2.47. The molecule has 0 spiro atoms. The van der Waals surface area contributed by atoms with E-state index in [4.69, 9.17) is 17.3 Å². The number of rotatable bonds is 3. The fourth-order valence-corrected chi connectivity index (χ4v) is 4.48. The van der Waals surface area contributed by atoms with Gasteiger partial charge in [0.1, 0.15) is 10.7 Å². The molecule has 2 rings (SSSR count). The minimum absolute atomic E-state index is 0.137. The Morgan fingerprint density at radius 2 is 2.10 bits per heavy atom. The molecule has 1 heterocycles. The van der Waals surface area contributed by atoms with Gasteiger partial charge in [0.15, 0.2) is 0 Å². The average molecular weight is 336 g/mol. The Bertz CT molecular complexity index is 637. The Balaban J connectivity index is 2.36. The molecule has 2 N–H and O–H groups in total. The number of nitrogens with zero attached hydrogens (tertiary/aromatic N) is 2. The molecule has 1 aliphatic rings. The first-order valence-corrected chi connectivity index (χ1v) is 8.46. The van der Waals surface area contributed by atoms with Crippen LogP contribution in [-0.2, 0) is 10.0 Å². The zero-order valence-electron chi connectivity index (χ0n) is 12.0. The molecule has 1 aliphatic heterocycles. The van der Waals surface area contributed by atoms with Crippen molar-refractivity contribution in [1.82, 2.24) is 9.21 Å². The summed E-state index contributed by atoms with van der Waals surface area (Å²) in [7, 11) is 0.0702. The van der Waals surface area contributed by atoms with Crippen LogP contribution in [0.1, 0.15) is 12.8 Å². The molecule has 0 bridgehead atoms. The average Bonchev–Trinajstić information content (AvgIpc) is 2.42. The van der Waals surface area contributed by atoms with Gasteiger partial charge in [-0.3, -0.25) is 0 Å². The lowest BCUT2D eigenvalue weighted by molar-refractivity contribution is 0.190. The summed E-state index contributed by atoms with van der Waals surface area (Å²) < 4.78 is 40.1. The summed E-state index contributed by atoms with van der Waals surface area (Å²) >= 11 is 5.89. The van der Waals surface area contributed by atoms with Crippen LogP contribution in [0, 0.1) is 5.82 Å². The highest BCUT2D eigenvalue weighted by molar-refractivity contribution is 7.89. The van der Waals surface area contributed by atoms with Gasteiger partial charge in [-0.2, -0.15) is 4.31 Å². The Labute approximate surface area is 129 Å². The van der Waals surface area contributed by atoms with Crippen LogP contribution in [0.2, 0.25) is 5.02 Å². The number of benzene rings is 1. The van der Waals surface area contributed by atoms with Crippen LogP contribution in [0.3, 0.4) is 0 Å². The molecule has 21 heavy (non-hydrogen) atoms. The highest BCUT2D eigenvalue weighted by atomic mass is 35.5. The highest BCUT2D eigenvalue weighted by Gasteiger charge is 2.32. The van der Waals surface area contributed by atoms with Crippen molar-refractivity contribution in [2.24, 2.45) is 0 Å². The van der Waals surface area contributed by atoms with E-state index in [1.807, 2.05) is 19.0 Å². The number of nitrogens with two attached hydrogens (primary N) is 1. The van der Waals surface area contributed by atoms with Crippen molar-refractivity contribution in [1.29, 1.82) is 0 Å². The Hall–Kier alpha value is -0.890. The highest BCUT2D eigenvalue weighted by Crippen LogP contribution is 2.30. The maximum Gasteiger partial charge on any atom is 0.244 e. The van der Waals surface area contributed by atoms with Gasteiger partial charge in [-0.1, -0.05) is 11.6 Å². The molecule has 1 aromatic carbocycles. The van der Waals surface area contributed by atoms with Crippen LogP contribution in [0.5, 0.6) is 0 Å². The topological polar surface area (TPSA) is 66.6 Å². The van der Waals surface area contributed by atoms with Crippen LogP contribution < -0.4 is 5.73 Å². The van der Waals surface area contributed by atoms with E-state index in [1.165, 1.54) is 4.31 Å². The van der Waals surface area contributed by atoms with E-state index in [2.05, 4.69) is 0 Å². The third-order valence-corrected chi connectivity index (χ3v) is 6.09. The summed E-state index contributed by atoms with van der Waals surface area (Å²) in [6.07, 6.45) is 1.72. The first kappa shape index (κ1) is 16.5. The summed E-state index contributed by atoms with van der Waals surface area (Å²) in [6, 6.07) is 2.19. The lowest BCUT2D eigenvalue weighted by Gasteiger charge is -2.35. The monoisotopic (exact) mass is 335 g/mol. The summed E-state index contributed by atoms with van der Waals surface area (Å²) in [6.45, 7) is 0.823. The molecule has 1 saturated heterocycles. The molecule has 1 aromatic rings. The van der Waals surface area contributed by atoms with Crippen LogP contribution in [0.15, 0.2) is 17.0 Å². The summed E-state index contributed by atoms with van der Waals surface area (Å²) in [5, 5.41) is -0.145. The number of anilines is 1. The number of piperidine rings is 1. The second kappa shape index (κ2) is 6.08. The molecule has 1 unspecified atom stereocenters. The standard InChI is InChI=1S/C13H19ClFN3O2S/c1-17(2)9-4-3-5-18(8-9)21(19,20)13-7-12(16)11(15)6-10(13)14/h6-7,9H,3-5,8,16H2,1-2H3. The number of hydrogen-bond acceptors (Lipinski definition) is 4. The van der Waals surface area contributed by atoms with E-state index in [0.29, 0.717) is 13.1 Å². The molecule has 0 saturated carbocycles. The smallest absolute Gasteiger partial charge is 0.244 e. The molecule has 0 aromatic heterocycles. The summed E-state index contributed by atoms with van der Waals surface area (Å²) in [4.78, 5) is 1.87. The first-order valence-electron chi connectivity index (χ1n) is 6.64. The zero-order valence-corrected chi connectivity index (χ0v) is 13.6. The Kier molecular flexibility index (Phi) is 4.77. The molecular weight excluding hydrogens is 317 g/mol. The van der Waals surface area contributed by atoms with E-state index in [9.17, 15) is 12.8 Å². The lowest BCUT2D eigenvalue weighted by atomic mass is 10.1. The minimum Gasteiger partial charge on any atom is -0.396 e. The van der Waals surface area contributed by atoms with Crippen LogP contribution in [0.4, 0.5) is 10.1 Å². The fourth-order valence-electron chi connectivity index (χ4n) is 2.44. The molecule has 8 heteroatoms. The van der Waals surface area contributed by atoms with Crippen molar-refractivity contribution < 1.29 is 12.8 Å². The second-order valence-electron chi connectivity index (χ2n) is 5.43. The van der Waals surface area contributed by atoms with Gasteiger partial charge < -0.3 is 10.6 Å². The van der Waals surface area contributed by atoms with Gasteiger partial charge in [0, 0.05) is 19.1 Å². The van der Waals surface area contributed by atoms with E-state index < -0.39 is 15.8 Å². The second-order valence-corrected chi connectivity index (χ2v) is 7.74. The van der Waals surface area contributed by atoms with Gasteiger partial charge in [0.05, 0.1) is 10.7 Å². The number of halogens is 2. The van der Waals surface area contributed by atoms with Crippen LogP contribution >= 0.6 is 11.6 Å². The Morgan fingerprint density at radius 3 is 2.71 bits per heavy atom. The molecular formula is C13H19ClFN3O2S. The van der Waals surface area contributed by atoms with Crippen molar-refractivity contribution in [2.75, 3.05) is 32.9 Å². The molecule has 1 atom stereocenters. The van der Waals surface area contributed by atoms with Crippen LogP contribution in [0.25, 0.3) is 0 Å². The third kappa shape index (κ3) is 3.31. The van der Waals surface area contributed by atoms with Crippen molar-refractivity contribution in [3.63, 3.8) is 0 Å². The van der Waals surface area contributed by atoms with Gasteiger partial charge in [-0.15, -0.1) is 0 Å². The van der Waals surface area contributed by atoms with Crippen molar-refractivity contribution in [2.45, 2.75) is 23.8 Å². The first-order chi connectivity index (χ1) is 9.73. The number of sulfonamides is 1. The SMILES string of the molecule is CN(C)C1CCCN(S(=O)(=O)c2cc(N)c(F)cc2Cl)C1. The fraction of sp³-hybridized carbons (Fsp3) is 0.538. The van der Waals surface area contributed by atoms with Crippen molar-refractivity contribution >= 4 is 27.3 Å². The number of likely N-dealkylation sites (N-methyl/N-ethyl adjacent to an activating group) is 1. The Morgan fingerprint density at radius 1 is 1.43 bits per heavy atom. The molecule has 0 amide bonds. The molecule has 1 fully saturated rings. The quantitative estimate of drug-likeness (QED) is 0.855. The summed E-state index contributed by atoms with van der Waals surface area (Å²) in [5.41, 5.74) is 5.24. The zero-order chi connectivity index (χ0) is 15.8. The van der Waals surface area contributed by atoms with Crippen molar-refractivity contribution in [3.8, 4) is 0 Å². The van der Waals surface area contributed by atoms with Crippen LogP contribution in [-0.4, -0.2) is 50.8 Å². The van der Waals surface area contributed by atoms with Crippen molar-refractivity contribution in [3.05, 3.63) is 23.0 Å². The normalized spacial score (nSPS) is 20.9. The maximum absolute atomic E-state index is 13.3. The predicted octanol–water partition coefficient (Wildman–Crippen LogP) is 1.78. The number of hydrogen-bond donors (Lipinski definition) is 1. The van der Waals surface area contributed by atoms with E-state index in [0.717, 1.165) is 25.0 Å². The van der Waals surface area contributed by atoms with Gasteiger partial charge in [-0.05, 0) is 39.1 Å². The molecule has 0 aliphatic carbocycles. The molecule has 5 nitrogen and oxygen atoms in total. The van der Waals surface area contributed by atoms with Gasteiger partial charge in [0.2, 0.25) is 10.0 Å². The third-order valence-electron chi connectivity index (χ3n) is 3.76. The molecule has 118 valence electrons. The van der Waals surface area contributed by atoms with E-state index in [1.54, 1.807) is 0 Å². The van der Waals surface area contributed by atoms with Gasteiger partial charge in [0.25, 0.3) is 0 Å². The molecule has 0 radical (unpaired) electrons. The predicted molar refractivity (Wildman–Crippen MR) is 81.3 cm³/mol. The largest absolute Gasteiger partial charge is 0.396 e. The van der Waals surface area contributed by atoms with E-state index in [-0.39, 0.29) is 21.6 Å². The summed E-state index contributed by atoms with van der Waals surface area (Å²) in [5.74, 6) is -0.719. The minimum atomic E-state index is -3.77. The van der Waals surface area contributed by atoms with E-state index >= 15 is 0 Å². The number of nitrogen functional groups attached to an aromatic ring is 1. The van der Waals surface area contributed by atoms with Gasteiger partial charge in [-0.25, -0.2) is 12.8 Å². The maximum atomic E-state index is 13.3. The van der Waals surface area contributed by atoms with Gasteiger partial charge >= 0.3 is 0 Å².